The van der Waals surface area contributed by atoms with Crippen LogP contribution in [0.25, 0.3) is 0 Å². The fourth-order valence-corrected chi connectivity index (χ4v) is 1.51. The summed E-state index contributed by atoms with van der Waals surface area (Å²) in [6.07, 6.45) is 0. The molecule has 0 amide bonds. The standard InChI is InChI=1S/C13H13O4/c1-7(14)10-5-11(8(2)15)13(17-4)12(6-10)9(3)16/h5-6H,4H2,1-3H3. The topological polar surface area (TPSA) is 60.4 Å². The van der Waals surface area contributed by atoms with Crippen LogP contribution < -0.4 is 4.74 Å². The summed E-state index contributed by atoms with van der Waals surface area (Å²) in [5.41, 5.74) is 0.692. The van der Waals surface area contributed by atoms with Gasteiger partial charge >= 0.3 is 0 Å². The number of hydrogen-bond acceptors (Lipinski definition) is 4. The molecule has 0 N–H and O–H groups in total. The fraction of sp³-hybridized carbons (Fsp3) is 0.231. The van der Waals surface area contributed by atoms with Gasteiger partial charge in [0.25, 0.3) is 0 Å². The highest BCUT2D eigenvalue weighted by Gasteiger charge is 2.18. The van der Waals surface area contributed by atoms with E-state index in [1.54, 1.807) is 0 Å². The average molecular weight is 233 g/mol. The lowest BCUT2D eigenvalue weighted by molar-refractivity contribution is 0.101. The first kappa shape index (κ1) is 13.1. The van der Waals surface area contributed by atoms with Gasteiger partial charge in [-0.1, -0.05) is 0 Å². The Kier molecular flexibility index (Phi) is 3.78. The van der Waals surface area contributed by atoms with Crippen molar-refractivity contribution in [2.24, 2.45) is 0 Å². The lowest BCUT2D eigenvalue weighted by Gasteiger charge is -2.11. The van der Waals surface area contributed by atoms with Crippen LogP contribution >= 0.6 is 0 Å². The van der Waals surface area contributed by atoms with Gasteiger partial charge in [-0.3, -0.25) is 14.4 Å². The van der Waals surface area contributed by atoms with Crippen LogP contribution in [0.15, 0.2) is 12.1 Å². The van der Waals surface area contributed by atoms with Crippen LogP contribution in [0.5, 0.6) is 5.75 Å². The second-order valence-corrected chi connectivity index (χ2v) is 3.71. The third-order valence-electron chi connectivity index (χ3n) is 2.40. The molecule has 0 aliphatic carbocycles. The molecule has 0 saturated heterocycles. The monoisotopic (exact) mass is 233 g/mol. The zero-order valence-electron chi connectivity index (χ0n) is 9.99. The number of rotatable bonds is 4. The number of ketones is 3. The number of hydrogen-bond donors (Lipinski definition) is 0. The summed E-state index contributed by atoms with van der Waals surface area (Å²) < 4.78 is 4.83. The molecule has 1 aromatic carbocycles. The Morgan fingerprint density at radius 2 is 1.35 bits per heavy atom. The summed E-state index contributed by atoms with van der Waals surface area (Å²) in [5, 5.41) is 0. The highest BCUT2D eigenvalue weighted by Crippen LogP contribution is 2.27. The molecule has 1 rings (SSSR count). The van der Waals surface area contributed by atoms with Crippen molar-refractivity contribution in [2.45, 2.75) is 20.8 Å². The summed E-state index contributed by atoms with van der Waals surface area (Å²) in [6, 6.07) is 2.83. The smallest absolute Gasteiger partial charge is 0.163 e. The van der Waals surface area contributed by atoms with Crippen molar-refractivity contribution >= 4 is 17.3 Å². The number of carbonyl (C=O) groups excluding carboxylic acids is 3. The van der Waals surface area contributed by atoms with Crippen LogP contribution in [0, 0.1) is 7.11 Å². The molecule has 1 aromatic rings. The van der Waals surface area contributed by atoms with Gasteiger partial charge in [0.1, 0.15) is 12.9 Å². The maximum absolute atomic E-state index is 11.4. The zero-order valence-corrected chi connectivity index (χ0v) is 9.99. The Labute approximate surface area is 99.6 Å². The molecular formula is C13H13O4. The van der Waals surface area contributed by atoms with Gasteiger partial charge in [-0.2, -0.15) is 0 Å². The van der Waals surface area contributed by atoms with E-state index in [2.05, 4.69) is 7.11 Å². The van der Waals surface area contributed by atoms with Gasteiger partial charge in [-0.25, -0.2) is 0 Å². The van der Waals surface area contributed by atoms with Crippen molar-refractivity contribution in [3.05, 3.63) is 35.9 Å². The van der Waals surface area contributed by atoms with Crippen LogP contribution in [0.4, 0.5) is 0 Å². The number of carbonyl (C=O) groups is 3. The molecule has 0 aromatic heterocycles. The summed E-state index contributed by atoms with van der Waals surface area (Å²) in [6.45, 7) is 4.05. The zero-order chi connectivity index (χ0) is 13.2. The Bertz CT molecular complexity index is 465. The van der Waals surface area contributed by atoms with Crippen molar-refractivity contribution in [3.63, 3.8) is 0 Å². The lowest BCUT2D eigenvalue weighted by Crippen LogP contribution is -2.07. The van der Waals surface area contributed by atoms with E-state index in [4.69, 9.17) is 4.74 Å². The molecule has 0 atom stereocenters. The number of ether oxygens (including phenoxy) is 1. The molecule has 0 aliphatic rings. The molecule has 0 aliphatic heterocycles. The molecule has 17 heavy (non-hydrogen) atoms. The third kappa shape index (κ3) is 2.58. The van der Waals surface area contributed by atoms with Gasteiger partial charge < -0.3 is 4.74 Å². The molecule has 4 nitrogen and oxygen atoms in total. The second-order valence-electron chi connectivity index (χ2n) is 3.71. The Morgan fingerprint density at radius 3 is 1.59 bits per heavy atom. The van der Waals surface area contributed by atoms with Crippen LogP contribution in [0.1, 0.15) is 51.8 Å². The minimum absolute atomic E-state index is 0.120. The van der Waals surface area contributed by atoms with E-state index in [1.807, 2.05) is 0 Å². The highest BCUT2D eigenvalue weighted by atomic mass is 16.5. The first-order valence-electron chi connectivity index (χ1n) is 5.01. The summed E-state index contributed by atoms with van der Waals surface area (Å²) in [7, 11) is 3.23. The number of Topliss-reactive ketones (excluding diaryl/α,β-unsaturated/α-hetero) is 3. The molecule has 89 valence electrons. The van der Waals surface area contributed by atoms with Crippen LogP contribution in [-0.2, 0) is 0 Å². The van der Waals surface area contributed by atoms with Crippen molar-refractivity contribution < 1.29 is 19.1 Å². The van der Waals surface area contributed by atoms with E-state index in [9.17, 15) is 14.4 Å². The minimum atomic E-state index is -0.283. The molecule has 1 radical (unpaired) electrons. The van der Waals surface area contributed by atoms with E-state index >= 15 is 0 Å². The van der Waals surface area contributed by atoms with Crippen LogP contribution in [0.2, 0.25) is 0 Å². The molecule has 4 heteroatoms. The summed E-state index contributed by atoms with van der Waals surface area (Å²) in [4.78, 5) is 34.2. The van der Waals surface area contributed by atoms with E-state index in [0.29, 0.717) is 5.56 Å². The van der Waals surface area contributed by atoms with Gasteiger partial charge in [0, 0.05) is 5.56 Å². The maximum Gasteiger partial charge on any atom is 0.163 e. The first-order valence-corrected chi connectivity index (χ1v) is 5.01. The Balaban J connectivity index is 3.63. The molecule has 0 bridgehead atoms. The van der Waals surface area contributed by atoms with Crippen molar-refractivity contribution in [3.8, 4) is 5.75 Å². The molecule has 0 fully saturated rings. The van der Waals surface area contributed by atoms with E-state index in [0.717, 1.165) is 0 Å². The first-order chi connectivity index (χ1) is 7.88. The minimum Gasteiger partial charge on any atom is -0.489 e. The molecule has 0 spiro atoms. The summed E-state index contributed by atoms with van der Waals surface area (Å²) >= 11 is 0. The predicted molar refractivity (Wildman–Crippen MR) is 62.4 cm³/mol. The Morgan fingerprint density at radius 1 is 0.941 bits per heavy atom. The van der Waals surface area contributed by atoms with Gasteiger partial charge in [0.05, 0.1) is 11.1 Å². The number of benzene rings is 1. The predicted octanol–water partition coefficient (Wildman–Crippen LogP) is 2.46. The van der Waals surface area contributed by atoms with E-state index in [-0.39, 0.29) is 34.2 Å². The van der Waals surface area contributed by atoms with Gasteiger partial charge in [-0.15, -0.1) is 0 Å². The third-order valence-corrected chi connectivity index (χ3v) is 2.40. The quantitative estimate of drug-likeness (QED) is 0.749. The van der Waals surface area contributed by atoms with Crippen molar-refractivity contribution in [2.75, 3.05) is 0 Å². The second kappa shape index (κ2) is 4.91. The SMILES string of the molecule is [CH2]Oc1c(C(C)=O)cc(C(C)=O)cc1C(C)=O. The molecule has 0 unspecified atom stereocenters. The summed E-state index contributed by atoms with van der Waals surface area (Å²) in [5.74, 6) is -0.663. The average Bonchev–Trinajstić information content (AvgIpc) is 2.26. The van der Waals surface area contributed by atoms with E-state index < -0.39 is 0 Å². The normalized spacial score (nSPS) is 9.88. The van der Waals surface area contributed by atoms with E-state index in [1.165, 1.54) is 32.9 Å². The Hall–Kier alpha value is -1.97. The van der Waals surface area contributed by atoms with Crippen LogP contribution in [-0.4, -0.2) is 17.3 Å². The fourth-order valence-electron chi connectivity index (χ4n) is 1.51. The molecule has 0 heterocycles. The highest BCUT2D eigenvalue weighted by molar-refractivity contribution is 6.07. The van der Waals surface area contributed by atoms with Gasteiger partial charge in [-0.05, 0) is 32.9 Å². The molecular weight excluding hydrogens is 220 g/mol. The van der Waals surface area contributed by atoms with Crippen molar-refractivity contribution in [1.82, 2.24) is 0 Å². The van der Waals surface area contributed by atoms with Crippen molar-refractivity contribution in [1.29, 1.82) is 0 Å². The van der Waals surface area contributed by atoms with Crippen LogP contribution in [0.3, 0.4) is 0 Å². The van der Waals surface area contributed by atoms with Gasteiger partial charge in [0.2, 0.25) is 0 Å². The maximum atomic E-state index is 11.4. The largest absolute Gasteiger partial charge is 0.489 e. The van der Waals surface area contributed by atoms with Gasteiger partial charge in [0.15, 0.2) is 17.3 Å². The molecule has 0 saturated carbocycles. The lowest BCUT2D eigenvalue weighted by atomic mass is 9.98.